The van der Waals surface area contributed by atoms with Crippen molar-refractivity contribution in [3.8, 4) is 0 Å². The maximum absolute atomic E-state index is 4.71. The molecule has 1 aliphatic heterocycles. The molecule has 0 bridgehead atoms. The van der Waals surface area contributed by atoms with Gasteiger partial charge in [-0.15, -0.1) is 0 Å². The molecule has 3 rings (SSSR count). The number of rotatable bonds is 5. The van der Waals surface area contributed by atoms with Crippen molar-refractivity contribution in [2.24, 2.45) is 0 Å². The maximum atomic E-state index is 4.71. The van der Waals surface area contributed by atoms with Crippen LogP contribution in [0.2, 0.25) is 0 Å². The summed E-state index contributed by atoms with van der Waals surface area (Å²) >= 11 is 0. The standard InChI is InChI=1S/C17H29N7/c1-12(2)24-14(4)16(13(3)21-24)10-22-6-8-23(9-7-22)11-17-18-15(5)19-20-17/h12H,6-11H2,1-5H3,(H,18,19,20). The van der Waals surface area contributed by atoms with E-state index in [-0.39, 0.29) is 0 Å². The van der Waals surface area contributed by atoms with Crippen LogP contribution in [0.3, 0.4) is 0 Å². The van der Waals surface area contributed by atoms with Crippen LogP contribution in [0.25, 0.3) is 0 Å². The van der Waals surface area contributed by atoms with Crippen LogP contribution in [0.4, 0.5) is 0 Å². The molecule has 0 amide bonds. The molecule has 0 aliphatic carbocycles. The first-order chi connectivity index (χ1) is 11.4. The Morgan fingerprint density at radius 1 is 1.00 bits per heavy atom. The van der Waals surface area contributed by atoms with Crippen LogP contribution in [-0.2, 0) is 13.1 Å². The minimum Gasteiger partial charge on any atom is -0.296 e. The Hall–Kier alpha value is -1.73. The van der Waals surface area contributed by atoms with Gasteiger partial charge in [-0.1, -0.05) is 0 Å². The smallest absolute Gasteiger partial charge is 0.164 e. The third kappa shape index (κ3) is 3.67. The van der Waals surface area contributed by atoms with Crippen LogP contribution >= 0.6 is 0 Å². The number of aromatic nitrogens is 5. The molecular formula is C17H29N7. The van der Waals surface area contributed by atoms with Gasteiger partial charge < -0.3 is 0 Å². The van der Waals surface area contributed by atoms with E-state index >= 15 is 0 Å². The molecule has 1 fully saturated rings. The van der Waals surface area contributed by atoms with Crippen molar-refractivity contribution in [1.82, 2.24) is 34.8 Å². The molecule has 132 valence electrons. The molecule has 0 spiro atoms. The molecule has 1 saturated heterocycles. The van der Waals surface area contributed by atoms with E-state index in [1.807, 2.05) is 6.92 Å². The summed E-state index contributed by atoms with van der Waals surface area (Å²) in [4.78, 5) is 9.36. The highest BCUT2D eigenvalue weighted by molar-refractivity contribution is 5.24. The van der Waals surface area contributed by atoms with E-state index in [4.69, 9.17) is 5.10 Å². The fourth-order valence-electron chi connectivity index (χ4n) is 3.42. The quantitative estimate of drug-likeness (QED) is 0.905. The lowest BCUT2D eigenvalue weighted by atomic mass is 10.1. The monoisotopic (exact) mass is 331 g/mol. The van der Waals surface area contributed by atoms with E-state index < -0.39 is 0 Å². The molecule has 1 aliphatic rings. The van der Waals surface area contributed by atoms with Crippen molar-refractivity contribution in [1.29, 1.82) is 0 Å². The third-order valence-electron chi connectivity index (χ3n) is 4.82. The number of aryl methyl sites for hydroxylation is 2. The van der Waals surface area contributed by atoms with Gasteiger partial charge >= 0.3 is 0 Å². The molecule has 7 nitrogen and oxygen atoms in total. The van der Waals surface area contributed by atoms with Gasteiger partial charge in [0.05, 0.1) is 12.2 Å². The first-order valence-electron chi connectivity index (χ1n) is 8.81. The third-order valence-corrected chi connectivity index (χ3v) is 4.82. The van der Waals surface area contributed by atoms with Crippen molar-refractivity contribution in [2.75, 3.05) is 26.2 Å². The van der Waals surface area contributed by atoms with Gasteiger partial charge in [0.2, 0.25) is 0 Å². The molecule has 1 N–H and O–H groups in total. The average Bonchev–Trinajstić information content (AvgIpc) is 3.07. The molecule has 0 saturated carbocycles. The summed E-state index contributed by atoms with van der Waals surface area (Å²) in [6.07, 6.45) is 0. The first kappa shape index (κ1) is 17.1. The van der Waals surface area contributed by atoms with E-state index in [2.05, 4.69) is 57.4 Å². The molecule has 2 aromatic rings. The Morgan fingerprint density at radius 2 is 1.62 bits per heavy atom. The molecule has 7 heteroatoms. The van der Waals surface area contributed by atoms with Crippen LogP contribution in [-0.4, -0.2) is 60.9 Å². The summed E-state index contributed by atoms with van der Waals surface area (Å²) in [6, 6.07) is 0.416. The highest BCUT2D eigenvalue weighted by Gasteiger charge is 2.21. The van der Waals surface area contributed by atoms with E-state index in [0.717, 1.165) is 50.9 Å². The Morgan fingerprint density at radius 3 is 2.12 bits per heavy atom. The lowest BCUT2D eigenvalue weighted by Gasteiger charge is -2.34. The largest absolute Gasteiger partial charge is 0.296 e. The van der Waals surface area contributed by atoms with Crippen LogP contribution in [0.1, 0.15) is 48.5 Å². The molecule has 24 heavy (non-hydrogen) atoms. The molecule has 2 aromatic heterocycles. The minimum absolute atomic E-state index is 0.416. The van der Waals surface area contributed by atoms with Gasteiger partial charge in [0.15, 0.2) is 5.82 Å². The summed E-state index contributed by atoms with van der Waals surface area (Å²) in [5.74, 6) is 1.78. The van der Waals surface area contributed by atoms with Crippen molar-refractivity contribution in [3.05, 3.63) is 28.6 Å². The minimum atomic E-state index is 0.416. The van der Waals surface area contributed by atoms with Crippen molar-refractivity contribution >= 4 is 0 Å². The zero-order valence-electron chi connectivity index (χ0n) is 15.5. The number of hydrogen-bond donors (Lipinski definition) is 1. The van der Waals surface area contributed by atoms with Crippen LogP contribution in [0.5, 0.6) is 0 Å². The summed E-state index contributed by atoms with van der Waals surface area (Å²) in [5.41, 5.74) is 3.86. The van der Waals surface area contributed by atoms with Crippen LogP contribution in [0, 0.1) is 20.8 Å². The summed E-state index contributed by atoms with van der Waals surface area (Å²) in [5, 5.41) is 11.9. The molecule has 3 heterocycles. The zero-order valence-corrected chi connectivity index (χ0v) is 15.5. The average molecular weight is 331 g/mol. The molecule has 0 aromatic carbocycles. The second-order valence-corrected chi connectivity index (χ2v) is 7.08. The predicted molar refractivity (Wildman–Crippen MR) is 93.8 cm³/mol. The fourth-order valence-corrected chi connectivity index (χ4v) is 3.42. The number of H-pyrrole nitrogens is 1. The van der Waals surface area contributed by atoms with Crippen molar-refractivity contribution in [2.45, 2.75) is 53.8 Å². The maximum Gasteiger partial charge on any atom is 0.164 e. The Bertz CT molecular complexity index is 677. The van der Waals surface area contributed by atoms with Gasteiger partial charge in [-0.25, -0.2) is 4.98 Å². The van der Waals surface area contributed by atoms with Gasteiger partial charge in [0.1, 0.15) is 5.82 Å². The molecule has 0 radical (unpaired) electrons. The summed E-state index contributed by atoms with van der Waals surface area (Å²) in [6.45, 7) is 16.7. The van der Waals surface area contributed by atoms with E-state index in [0.29, 0.717) is 6.04 Å². The van der Waals surface area contributed by atoms with Crippen LogP contribution in [0.15, 0.2) is 0 Å². The first-order valence-corrected chi connectivity index (χ1v) is 8.81. The Labute approximate surface area is 144 Å². The lowest BCUT2D eigenvalue weighted by molar-refractivity contribution is 0.119. The fraction of sp³-hybridized carbons (Fsp3) is 0.706. The van der Waals surface area contributed by atoms with Crippen LogP contribution < -0.4 is 0 Å². The molecule has 0 unspecified atom stereocenters. The van der Waals surface area contributed by atoms with Gasteiger partial charge in [0.25, 0.3) is 0 Å². The van der Waals surface area contributed by atoms with Crippen molar-refractivity contribution in [3.63, 3.8) is 0 Å². The number of hydrogen-bond acceptors (Lipinski definition) is 5. The van der Waals surface area contributed by atoms with E-state index in [1.165, 1.54) is 17.0 Å². The Balaban J connectivity index is 1.56. The van der Waals surface area contributed by atoms with Gasteiger partial charge in [-0.3, -0.25) is 19.6 Å². The SMILES string of the molecule is Cc1nc(CN2CCN(Cc3c(C)nn(C(C)C)c3C)CC2)n[nH]1. The number of nitrogens with zero attached hydrogens (tertiary/aromatic N) is 6. The van der Waals surface area contributed by atoms with E-state index in [9.17, 15) is 0 Å². The Kier molecular flexibility index (Phi) is 5.01. The number of nitrogens with one attached hydrogen (secondary N) is 1. The van der Waals surface area contributed by atoms with Gasteiger partial charge in [-0.05, 0) is 34.6 Å². The lowest BCUT2D eigenvalue weighted by Crippen LogP contribution is -2.45. The molecular weight excluding hydrogens is 302 g/mol. The normalized spacial score (nSPS) is 17.1. The summed E-state index contributed by atoms with van der Waals surface area (Å²) in [7, 11) is 0. The van der Waals surface area contributed by atoms with Gasteiger partial charge in [-0.2, -0.15) is 10.2 Å². The zero-order chi connectivity index (χ0) is 17.3. The van der Waals surface area contributed by atoms with Crippen molar-refractivity contribution < 1.29 is 0 Å². The highest BCUT2D eigenvalue weighted by atomic mass is 15.3. The highest BCUT2D eigenvalue weighted by Crippen LogP contribution is 2.20. The van der Waals surface area contributed by atoms with E-state index in [1.54, 1.807) is 0 Å². The topological polar surface area (TPSA) is 65.9 Å². The van der Waals surface area contributed by atoms with Gasteiger partial charge in [0, 0.05) is 50.0 Å². The second-order valence-electron chi connectivity index (χ2n) is 7.08. The summed E-state index contributed by atoms with van der Waals surface area (Å²) < 4.78 is 2.15. The molecule has 0 atom stereocenters. The number of piperazine rings is 1. The predicted octanol–water partition coefficient (Wildman–Crippen LogP) is 1.83. The number of aromatic amines is 1. The second kappa shape index (κ2) is 7.03.